The van der Waals surface area contributed by atoms with Crippen molar-refractivity contribution in [1.82, 2.24) is 15.1 Å². The van der Waals surface area contributed by atoms with Crippen molar-refractivity contribution < 1.29 is 14.3 Å². The summed E-state index contributed by atoms with van der Waals surface area (Å²) in [6, 6.07) is 7.74. The number of hydrogen-bond donors (Lipinski definition) is 1. The van der Waals surface area contributed by atoms with Crippen LogP contribution in [0.5, 0.6) is 5.75 Å². The molecule has 0 bridgehead atoms. The van der Waals surface area contributed by atoms with Gasteiger partial charge in [-0.25, -0.2) is 0 Å². The van der Waals surface area contributed by atoms with Crippen molar-refractivity contribution in [1.29, 1.82) is 0 Å². The molecule has 0 aliphatic rings. The summed E-state index contributed by atoms with van der Waals surface area (Å²) >= 11 is 0. The summed E-state index contributed by atoms with van der Waals surface area (Å²) in [7, 11) is 5.62. The summed E-state index contributed by atoms with van der Waals surface area (Å²) in [5, 5.41) is 2.86. The molecule has 1 aromatic rings. The molecule has 0 spiro atoms. The van der Waals surface area contributed by atoms with Crippen molar-refractivity contribution in [2.75, 3.05) is 47.4 Å². The average molecular weight is 335 g/mol. The maximum Gasteiger partial charge on any atom is 0.239 e. The van der Waals surface area contributed by atoms with E-state index in [4.69, 9.17) is 4.74 Å². The molecular weight excluding hydrogens is 306 g/mol. The van der Waals surface area contributed by atoms with E-state index in [1.165, 1.54) is 6.92 Å². The number of carbonyl (C=O) groups is 2. The first-order chi connectivity index (χ1) is 11.4. The van der Waals surface area contributed by atoms with E-state index >= 15 is 0 Å². The lowest BCUT2D eigenvalue weighted by Crippen LogP contribution is -2.41. The third-order valence-electron chi connectivity index (χ3n) is 3.69. The predicted octanol–water partition coefficient (Wildman–Crippen LogP) is 1.15. The van der Waals surface area contributed by atoms with Gasteiger partial charge >= 0.3 is 0 Å². The molecule has 0 fully saturated rings. The highest BCUT2D eigenvalue weighted by Gasteiger charge is 2.13. The number of methoxy groups -OCH3 is 1. The quantitative estimate of drug-likeness (QED) is 0.652. The highest BCUT2D eigenvalue weighted by Crippen LogP contribution is 2.13. The fraction of sp³-hybridized carbons (Fsp3) is 0.556. The molecular formula is C18H29N3O3. The first-order valence-electron chi connectivity index (χ1n) is 8.22. The second-order valence-electron chi connectivity index (χ2n) is 6.05. The number of ether oxygens (including phenoxy) is 1. The van der Waals surface area contributed by atoms with Gasteiger partial charge in [0.05, 0.1) is 13.7 Å². The number of amides is 2. The molecule has 134 valence electrons. The van der Waals surface area contributed by atoms with Crippen molar-refractivity contribution in [3.05, 3.63) is 29.8 Å². The van der Waals surface area contributed by atoms with Gasteiger partial charge in [-0.15, -0.1) is 0 Å². The van der Waals surface area contributed by atoms with E-state index in [2.05, 4.69) is 10.2 Å². The molecule has 1 rings (SSSR count). The third-order valence-corrected chi connectivity index (χ3v) is 3.69. The van der Waals surface area contributed by atoms with Crippen molar-refractivity contribution in [3.63, 3.8) is 0 Å². The molecule has 6 nitrogen and oxygen atoms in total. The van der Waals surface area contributed by atoms with Crippen LogP contribution < -0.4 is 10.1 Å². The summed E-state index contributed by atoms with van der Waals surface area (Å²) < 4.78 is 5.20. The van der Waals surface area contributed by atoms with E-state index in [1.54, 1.807) is 12.0 Å². The number of carbonyl (C=O) groups excluding carboxylic acids is 2. The molecule has 0 saturated carbocycles. The topological polar surface area (TPSA) is 61.9 Å². The minimum atomic E-state index is -0.116. The normalized spacial score (nSPS) is 10.5. The molecule has 0 heterocycles. The van der Waals surface area contributed by atoms with Crippen LogP contribution in [-0.2, 0) is 16.0 Å². The second-order valence-corrected chi connectivity index (χ2v) is 6.05. The van der Waals surface area contributed by atoms with E-state index < -0.39 is 0 Å². The summed E-state index contributed by atoms with van der Waals surface area (Å²) in [6.45, 7) is 3.64. The fourth-order valence-electron chi connectivity index (χ4n) is 2.29. The smallest absolute Gasteiger partial charge is 0.239 e. The van der Waals surface area contributed by atoms with Crippen LogP contribution in [0.2, 0.25) is 0 Å². The molecule has 6 heteroatoms. The van der Waals surface area contributed by atoms with E-state index in [0.717, 1.165) is 24.3 Å². The van der Waals surface area contributed by atoms with Crippen LogP contribution in [-0.4, -0.2) is 69.0 Å². The largest absolute Gasteiger partial charge is 0.497 e. The molecule has 1 aromatic carbocycles. The van der Waals surface area contributed by atoms with Crippen molar-refractivity contribution in [2.45, 2.75) is 19.8 Å². The van der Waals surface area contributed by atoms with Crippen molar-refractivity contribution in [3.8, 4) is 5.75 Å². The Bertz CT molecular complexity index is 532. The van der Waals surface area contributed by atoms with Gasteiger partial charge in [-0.05, 0) is 51.2 Å². The predicted molar refractivity (Wildman–Crippen MR) is 95.1 cm³/mol. The summed E-state index contributed by atoms with van der Waals surface area (Å²) in [4.78, 5) is 27.4. The van der Waals surface area contributed by atoms with E-state index in [9.17, 15) is 9.59 Å². The Morgan fingerprint density at radius 2 is 1.96 bits per heavy atom. The zero-order valence-electron chi connectivity index (χ0n) is 15.2. The Morgan fingerprint density at radius 1 is 1.21 bits per heavy atom. The molecule has 0 atom stereocenters. The maximum atomic E-state index is 12.0. The lowest BCUT2D eigenvalue weighted by Gasteiger charge is -2.21. The molecule has 2 amide bonds. The zero-order valence-corrected chi connectivity index (χ0v) is 15.2. The third kappa shape index (κ3) is 7.97. The molecule has 0 aliphatic heterocycles. The SMILES string of the molecule is COc1cccc(CCN(CC(=O)NCCCN(C)C)C(C)=O)c1. The van der Waals surface area contributed by atoms with Gasteiger partial charge in [-0.3, -0.25) is 9.59 Å². The molecule has 0 unspecified atom stereocenters. The van der Waals surface area contributed by atoms with Crippen molar-refractivity contribution >= 4 is 11.8 Å². The molecule has 0 saturated heterocycles. The van der Waals surface area contributed by atoms with Gasteiger partial charge in [0.15, 0.2) is 0 Å². The summed E-state index contributed by atoms with van der Waals surface area (Å²) in [5.74, 6) is 0.580. The first-order valence-corrected chi connectivity index (χ1v) is 8.22. The van der Waals surface area contributed by atoms with Gasteiger partial charge in [0.2, 0.25) is 11.8 Å². The van der Waals surface area contributed by atoms with Crippen LogP contribution in [0, 0.1) is 0 Å². The Balaban J connectivity index is 2.43. The molecule has 24 heavy (non-hydrogen) atoms. The Kier molecular flexibility index (Phi) is 8.86. The number of rotatable bonds is 10. The van der Waals surface area contributed by atoms with Crippen LogP contribution in [0.4, 0.5) is 0 Å². The monoisotopic (exact) mass is 335 g/mol. The summed E-state index contributed by atoms with van der Waals surface area (Å²) in [6.07, 6.45) is 1.58. The maximum absolute atomic E-state index is 12.0. The zero-order chi connectivity index (χ0) is 17.9. The highest BCUT2D eigenvalue weighted by molar-refractivity contribution is 5.83. The molecule has 1 N–H and O–H groups in total. The van der Waals surface area contributed by atoms with Crippen LogP contribution in [0.1, 0.15) is 18.9 Å². The number of benzene rings is 1. The second kappa shape index (κ2) is 10.6. The van der Waals surface area contributed by atoms with Crippen LogP contribution in [0.3, 0.4) is 0 Å². The lowest BCUT2D eigenvalue weighted by molar-refractivity contribution is -0.134. The molecule has 0 aromatic heterocycles. The van der Waals surface area contributed by atoms with E-state index in [0.29, 0.717) is 19.5 Å². The number of nitrogens with one attached hydrogen (secondary N) is 1. The van der Waals surface area contributed by atoms with Gasteiger partial charge in [0, 0.05) is 20.0 Å². The van der Waals surface area contributed by atoms with Gasteiger partial charge in [0.1, 0.15) is 5.75 Å². The summed E-state index contributed by atoms with van der Waals surface area (Å²) in [5.41, 5.74) is 1.08. The Labute approximate surface area is 144 Å². The molecule has 0 aliphatic carbocycles. The highest BCUT2D eigenvalue weighted by atomic mass is 16.5. The van der Waals surface area contributed by atoms with Crippen LogP contribution in [0.25, 0.3) is 0 Å². The number of nitrogens with zero attached hydrogens (tertiary/aromatic N) is 2. The van der Waals surface area contributed by atoms with Gasteiger partial charge < -0.3 is 19.9 Å². The minimum Gasteiger partial charge on any atom is -0.497 e. The van der Waals surface area contributed by atoms with Gasteiger partial charge in [-0.1, -0.05) is 12.1 Å². The van der Waals surface area contributed by atoms with Crippen molar-refractivity contribution in [2.24, 2.45) is 0 Å². The van der Waals surface area contributed by atoms with Crippen LogP contribution >= 0.6 is 0 Å². The van der Waals surface area contributed by atoms with Gasteiger partial charge in [0.25, 0.3) is 0 Å². The Hall–Kier alpha value is -2.08. The minimum absolute atomic E-state index is 0.0960. The molecule has 0 radical (unpaired) electrons. The van der Waals surface area contributed by atoms with Gasteiger partial charge in [-0.2, -0.15) is 0 Å². The number of hydrogen-bond acceptors (Lipinski definition) is 4. The van der Waals surface area contributed by atoms with E-state index in [1.807, 2.05) is 38.4 Å². The fourth-order valence-corrected chi connectivity index (χ4v) is 2.29. The first kappa shape index (κ1) is 20.0. The van der Waals surface area contributed by atoms with Crippen LogP contribution in [0.15, 0.2) is 24.3 Å². The van der Waals surface area contributed by atoms with E-state index in [-0.39, 0.29) is 18.4 Å². The standard InChI is InChI=1S/C18H29N3O3/c1-15(22)21(14-18(23)19-10-6-11-20(2)3)12-9-16-7-5-8-17(13-16)24-4/h5,7-8,13H,6,9-12,14H2,1-4H3,(H,19,23). The average Bonchev–Trinajstić information content (AvgIpc) is 2.55. The Morgan fingerprint density at radius 3 is 2.58 bits per heavy atom. The lowest BCUT2D eigenvalue weighted by atomic mass is 10.1.